The summed E-state index contributed by atoms with van der Waals surface area (Å²) in [5.74, 6) is 0.102. The van der Waals surface area contributed by atoms with Crippen molar-refractivity contribution >= 4 is 56.7 Å². The SMILES string of the molecule is CCCN(CCC)C(=O)Cc1c(-c2cc[c]([Sn]([CH3])([CH3])[CH3])cc2)nc2c(Cl)cc(Cl)cn12. The molecule has 0 saturated heterocycles. The van der Waals surface area contributed by atoms with Gasteiger partial charge in [0.15, 0.2) is 0 Å². The van der Waals surface area contributed by atoms with Crippen molar-refractivity contribution in [2.75, 3.05) is 13.1 Å². The standard InChI is InChI=1S/C21H22Cl2N3O.3CH3.Sn/c1-3-10-25(11-4-2)19(27)13-18-20(15-8-6-5-7-9-15)24-21-17(23)12-16(22)14-26(18)21;;;;/h6-9,12,14H,3-4,10-11,13H2,1-2H3;3*1H3;. The maximum atomic E-state index is 13.2. The summed E-state index contributed by atoms with van der Waals surface area (Å²) in [5.41, 5.74) is 3.24. The summed E-state index contributed by atoms with van der Waals surface area (Å²) in [6.45, 7) is 5.70. The van der Waals surface area contributed by atoms with Crippen molar-refractivity contribution in [3.8, 4) is 11.3 Å². The second-order valence-electron chi connectivity index (χ2n) is 8.99. The van der Waals surface area contributed by atoms with Crippen LogP contribution in [0.5, 0.6) is 0 Å². The molecule has 0 radical (unpaired) electrons. The molecule has 3 rings (SSSR count). The third-order valence-corrected chi connectivity index (χ3v) is 11.8. The Labute approximate surface area is 199 Å². The second-order valence-corrected chi connectivity index (χ2v) is 24.3. The summed E-state index contributed by atoms with van der Waals surface area (Å²) < 4.78 is 3.34. The number of hydrogen-bond donors (Lipinski definition) is 0. The van der Waals surface area contributed by atoms with E-state index in [-0.39, 0.29) is 12.3 Å². The number of aromatic nitrogens is 2. The number of pyridine rings is 1. The zero-order valence-electron chi connectivity index (χ0n) is 19.0. The van der Waals surface area contributed by atoms with Crippen LogP contribution in [0.3, 0.4) is 0 Å². The molecule has 1 amide bonds. The third kappa shape index (κ3) is 5.58. The molecule has 4 nitrogen and oxygen atoms in total. The molecule has 0 aliphatic heterocycles. The monoisotopic (exact) mass is 567 g/mol. The average Bonchev–Trinajstić information content (AvgIpc) is 3.06. The second kappa shape index (κ2) is 10.1. The first-order chi connectivity index (χ1) is 14.7. The van der Waals surface area contributed by atoms with E-state index in [0.29, 0.717) is 15.7 Å². The number of nitrogens with zero attached hydrogens (tertiary/aromatic N) is 3. The Morgan fingerprint density at radius 2 is 1.68 bits per heavy atom. The maximum absolute atomic E-state index is 13.2. The van der Waals surface area contributed by atoms with E-state index < -0.39 is 18.4 Å². The van der Waals surface area contributed by atoms with Crippen LogP contribution in [0.25, 0.3) is 16.9 Å². The number of rotatable bonds is 8. The van der Waals surface area contributed by atoms with Crippen molar-refractivity contribution in [3.05, 3.63) is 52.3 Å². The Bertz CT molecular complexity index is 1070. The fourth-order valence-electron chi connectivity index (χ4n) is 3.80. The molecule has 0 N–H and O–H groups in total. The van der Waals surface area contributed by atoms with E-state index in [9.17, 15) is 4.79 Å². The van der Waals surface area contributed by atoms with Gasteiger partial charge in [-0.25, -0.2) is 0 Å². The van der Waals surface area contributed by atoms with Crippen LogP contribution in [0, 0.1) is 0 Å². The number of imidazole rings is 1. The number of carbonyl (C=O) groups excluding carboxylic acids is 1. The van der Waals surface area contributed by atoms with Gasteiger partial charge < -0.3 is 0 Å². The topological polar surface area (TPSA) is 37.6 Å². The van der Waals surface area contributed by atoms with Gasteiger partial charge in [-0.3, -0.25) is 0 Å². The Morgan fingerprint density at radius 1 is 1.06 bits per heavy atom. The van der Waals surface area contributed by atoms with Crippen LogP contribution in [0.4, 0.5) is 0 Å². The molecule has 0 atom stereocenters. The van der Waals surface area contributed by atoms with Crippen molar-refractivity contribution in [2.24, 2.45) is 0 Å². The number of carbonyl (C=O) groups is 1. The fourth-order valence-corrected chi connectivity index (χ4v) is 7.65. The number of amides is 1. The van der Waals surface area contributed by atoms with Crippen LogP contribution >= 0.6 is 23.2 Å². The van der Waals surface area contributed by atoms with Crippen LogP contribution in [-0.4, -0.2) is 51.7 Å². The van der Waals surface area contributed by atoms with Gasteiger partial charge in [-0.15, -0.1) is 0 Å². The first-order valence-electron chi connectivity index (χ1n) is 10.9. The molecule has 31 heavy (non-hydrogen) atoms. The Kier molecular flexibility index (Phi) is 7.98. The van der Waals surface area contributed by atoms with E-state index >= 15 is 0 Å². The van der Waals surface area contributed by atoms with Crippen molar-refractivity contribution in [2.45, 2.75) is 47.9 Å². The zero-order valence-corrected chi connectivity index (χ0v) is 23.4. The van der Waals surface area contributed by atoms with Gasteiger partial charge in [0.05, 0.1) is 0 Å². The molecule has 3 aromatic rings. The van der Waals surface area contributed by atoms with Crippen LogP contribution in [-0.2, 0) is 11.2 Å². The predicted molar refractivity (Wildman–Crippen MR) is 134 cm³/mol. The van der Waals surface area contributed by atoms with Crippen molar-refractivity contribution in [1.82, 2.24) is 14.3 Å². The number of halogens is 2. The number of benzene rings is 1. The predicted octanol–water partition coefficient (Wildman–Crippen LogP) is 6.04. The molecule has 2 aromatic heterocycles. The molecular weight excluding hydrogens is 536 g/mol. The van der Waals surface area contributed by atoms with Gasteiger partial charge in [-0.05, 0) is 0 Å². The summed E-state index contributed by atoms with van der Waals surface area (Å²) in [6, 6.07) is 10.4. The normalized spacial score (nSPS) is 11.8. The van der Waals surface area contributed by atoms with Crippen LogP contribution < -0.4 is 3.58 Å². The van der Waals surface area contributed by atoms with Gasteiger partial charge in [0.1, 0.15) is 0 Å². The summed E-state index contributed by atoms with van der Waals surface area (Å²) in [7, 11) is 0. The third-order valence-electron chi connectivity index (χ3n) is 5.42. The van der Waals surface area contributed by atoms with Gasteiger partial charge in [0, 0.05) is 0 Å². The quantitative estimate of drug-likeness (QED) is 0.312. The van der Waals surface area contributed by atoms with E-state index in [2.05, 4.69) is 52.9 Å². The minimum atomic E-state index is -2.15. The summed E-state index contributed by atoms with van der Waals surface area (Å²) in [5, 5.41) is 1.00. The molecule has 7 heteroatoms. The minimum absolute atomic E-state index is 0.102. The summed E-state index contributed by atoms with van der Waals surface area (Å²) >= 11 is 10.6. The first-order valence-corrected chi connectivity index (χ1v) is 21.6. The number of fused-ring (bicyclic) bond motifs is 1. The van der Waals surface area contributed by atoms with Crippen molar-refractivity contribution < 1.29 is 4.79 Å². The van der Waals surface area contributed by atoms with Crippen LogP contribution in [0.2, 0.25) is 24.9 Å². The Morgan fingerprint density at radius 3 is 2.23 bits per heavy atom. The molecule has 166 valence electrons. The molecule has 0 aliphatic carbocycles. The van der Waals surface area contributed by atoms with Crippen molar-refractivity contribution in [3.63, 3.8) is 0 Å². The van der Waals surface area contributed by atoms with Gasteiger partial charge in [0.2, 0.25) is 0 Å². The number of hydrogen-bond acceptors (Lipinski definition) is 2. The zero-order chi connectivity index (χ0) is 22.8. The Balaban J connectivity index is 2.11. The van der Waals surface area contributed by atoms with Gasteiger partial charge in [0.25, 0.3) is 0 Å². The fraction of sp³-hybridized carbons (Fsp3) is 0.417. The molecule has 1 aromatic carbocycles. The van der Waals surface area contributed by atoms with Crippen LogP contribution in [0.1, 0.15) is 32.4 Å². The van der Waals surface area contributed by atoms with E-state index in [0.717, 1.165) is 42.9 Å². The molecule has 0 unspecified atom stereocenters. The molecule has 0 spiro atoms. The summed E-state index contributed by atoms with van der Waals surface area (Å²) in [4.78, 5) is 27.2. The van der Waals surface area contributed by atoms with E-state index in [1.54, 1.807) is 12.3 Å². The molecule has 2 heterocycles. The van der Waals surface area contributed by atoms with E-state index in [4.69, 9.17) is 28.2 Å². The summed E-state index contributed by atoms with van der Waals surface area (Å²) in [6.07, 6.45) is 3.92. The van der Waals surface area contributed by atoms with Gasteiger partial charge in [-0.2, -0.15) is 0 Å². The molecule has 0 saturated carbocycles. The van der Waals surface area contributed by atoms with E-state index in [1.165, 1.54) is 3.58 Å². The van der Waals surface area contributed by atoms with Gasteiger partial charge >= 0.3 is 200 Å². The first kappa shape index (κ1) is 24.4. The molecular formula is C24H31Cl2N3OSn. The average molecular weight is 567 g/mol. The van der Waals surface area contributed by atoms with Crippen LogP contribution in [0.15, 0.2) is 36.5 Å². The van der Waals surface area contributed by atoms with Gasteiger partial charge in [-0.1, -0.05) is 0 Å². The molecule has 0 fully saturated rings. The van der Waals surface area contributed by atoms with E-state index in [1.807, 2.05) is 9.30 Å². The molecule has 0 aliphatic rings. The Hall–Kier alpha value is -1.24. The molecule has 0 bridgehead atoms. The van der Waals surface area contributed by atoms with Crippen molar-refractivity contribution in [1.29, 1.82) is 0 Å².